The minimum Gasteiger partial charge on any atom is -0.489 e. The van der Waals surface area contributed by atoms with E-state index in [0.29, 0.717) is 44.9 Å². The molecule has 0 saturated carbocycles. The Morgan fingerprint density at radius 2 is 1.83 bits per heavy atom. The van der Waals surface area contributed by atoms with Gasteiger partial charge < -0.3 is 19.9 Å². The van der Waals surface area contributed by atoms with Crippen LogP contribution in [0, 0.1) is 6.92 Å². The Hall–Kier alpha value is -6.66. The molecule has 0 aliphatic carbocycles. The molecule has 60 heavy (non-hydrogen) atoms. The quantitative estimate of drug-likeness (QED) is 0.121. The highest BCUT2D eigenvalue weighted by atomic mass is 32.2. The molecule has 0 radical (unpaired) electrons. The van der Waals surface area contributed by atoms with Crippen molar-refractivity contribution in [1.29, 1.82) is 0 Å². The molecule has 3 unspecified atom stereocenters. The number of hydrogen-bond acceptors (Lipinski definition) is 12. The number of carboxylic acid groups (broad SMARTS) is 1. The van der Waals surface area contributed by atoms with E-state index >= 15 is 0 Å². The molecule has 4 heterocycles. The molecule has 3 N–H and O–H groups in total. The van der Waals surface area contributed by atoms with Crippen molar-refractivity contribution < 1.29 is 47.0 Å². The normalized spacial score (nSPS) is 19.3. The number of para-hydroxylation sites is 1. The lowest BCUT2D eigenvalue weighted by molar-refractivity contribution is -0.138. The summed E-state index contributed by atoms with van der Waals surface area (Å²) >= 11 is 0. The molecule has 3 aliphatic rings. The van der Waals surface area contributed by atoms with Gasteiger partial charge in [0.1, 0.15) is 46.2 Å². The third-order valence-corrected chi connectivity index (χ3v) is 12.8. The molecule has 5 aromatic rings. The van der Waals surface area contributed by atoms with Crippen LogP contribution in [0.3, 0.4) is 0 Å². The third kappa shape index (κ3) is 7.43. The molecule has 4 aromatic carbocycles. The molecule has 8 rings (SSSR count). The predicted octanol–water partition coefficient (Wildman–Crippen LogP) is 3.75. The van der Waals surface area contributed by atoms with Crippen molar-refractivity contribution in [2.75, 3.05) is 25.0 Å². The van der Waals surface area contributed by atoms with Gasteiger partial charge in [-0.05, 0) is 78.9 Å². The summed E-state index contributed by atoms with van der Waals surface area (Å²) in [7, 11) is -2.23. The van der Waals surface area contributed by atoms with Crippen molar-refractivity contribution in [3.8, 4) is 11.5 Å². The first-order valence-corrected chi connectivity index (χ1v) is 20.8. The second-order valence-electron chi connectivity index (χ2n) is 15.1. The van der Waals surface area contributed by atoms with E-state index in [2.05, 4.69) is 20.9 Å². The lowest BCUT2D eigenvalue weighted by Gasteiger charge is -2.27. The average Bonchev–Trinajstić information content (AvgIpc) is 3.68. The number of rotatable bonds is 12. The number of sulfonamides is 1. The number of nitrogens with one attached hydrogen (secondary N) is 2. The van der Waals surface area contributed by atoms with Crippen LogP contribution in [0.5, 0.6) is 11.5 Å². The summed E-state index contributed by atoms with van der Waals surface area (Å²) in [4.78, 5) is 64.5. The number of piperidine rings is 1. The summed E-state index contributed by atoms with van der Waals surface area (Å²) in [5, 5.41) is 24.0. The van der Waals surface area contributed by atoms with Crippen LogP contribution in [0.2, 0.25) is 0 Å². The highest BCUT2D eigenvalue weighted by molar-refractivity contribution is 7.89. The number of benzene rings is 4. The van der Waals surface area contributed by atoms with Crippen LogP contribution in [0.1, 0.15) is 75.1 Å². The van der Waals surface area contributed by atoms with Gasteiger partial charge in [0.05, 0.1) is 24.1 Å². The molecule has 1 aromatic heterocycles. The van der Waals surface area contributed by atoms with Gasteiger partial charge in [0, 0.05) is 38.2 Å². The molecular weight excluding hydrogens is 795 g/mol. The van der Waals surface area contributed by atoms with Crippen LogP contribution in [-0.2, 0) is 38.0 Å². The van der Waals surface area contributed by atoms with E-state index in [1.54, 1.807) is 54.2 Å². The molecule has 3 aliphatic heterocycles. The Bertz CT molecular complexity index is 2720. The van der Waals surface area contributed by atoms with E-state index in [4.69, 9.17) is 9.47 Å². The van der Waals surface area contributed by atoms with Crippen molar-refractivity contribution in [2.45, 2.75) is 62.6 Å². The zero-order valence-electron chi connectivity index (χ0n) is 32.9. The van der Waals surface area contributed by atoms with Gasteiger partial charge in [-0.15, -0.1) is 5.10 Å². The van der Waals surface area contributed by atoms with Gasteiger partial charge in [0.25, 0.3) is 11.8 Å². The van der Waals surface area contributed by atoms with Gasteiger partial charge in [-0.3, -0.25) is 34.2 Å². The summed E-state index contributed by atoms with van der Waals surface area (Å²) in [6.07, 6.45) is -0.673. The first kappa shape index (κ1) is 40.1. The fourth-order valence-corrected chi connectivity index (χ4v) is 9.67. The van der Waals surface area contributed by atoms with E-state index in [0.717, 1.165) is 10.5 Å². The number of fused-ring (bicyclic) bond motifs is 3. The van der Waals surface area contributed by atoms with Crippen LogP contribution in [0.25, 0.3) is 11.0 Å². The third-order valence-electron chi connectivity index (χ3n) is 11.0. The second kappa shape index (κ2) is 15.8. The number of carboxylic acids is 1. The fourth-order valence-electron chi connectivity index (χ4n) is 8.05. The lowest BCUT2D eigenvalue weighted by Crippen LogP contribution is -2.54. The highest BCUT2D eigenvalue weighted by Crippen LogP contribution is 2.38. The number of aromatic nitrogens is 3. The Balaban J connectivity index is 1.04. The number of nitrogens with zero attached hydrogens (tertiary/aromatic N) is 5. The number of aliphatic carboxylic acids is 1. The maximum absolute atomic E-state index is 13.9. The van der Waals surface area contributed by atoms with Gasteiger partial charge in [-0.2, -0.15) is 4.31 Å². The molecule has 4 amide bonds. The number of imide groups is 2. The lowest BCUT2D eigenvalue weighted by atomic mass is 9.86. The molecular formula is C42H41N7O10S. The van der Waals surface area contributed by atoms with E-state index in [1.807, 2.05) is 32.0 Å². The standard InChI is InChI=1S/C42H41N7O10S/c1-23-11-12-25(17-27(23)22-48-21-24(2)59-33-9-4-5-10-35(33)60(48,56)57)29(20-37(51)52)26-18-31-39(47(3)46-45-31)34(19-26)58-16-15-43-30-8-6-7-28-38(30)42(55)49(41(28)54)32-13-14-36(50)44-40(32)53/h4-12,17-19,24,29,32,43H,13-16,20-22H2,1-3H3,(H,51,52)(H,44,50,53). The van der Waals surface area contributed by atoms with Gasteiger partial charge >= 0.3 is 5.97 Å². The number of carbonyl (C=O) groups excluding carboxylic acids is 4. The Morgan fingerprint density at radius 3 is 2.62 bits per heavy atom. The maximum Gasteiger partial charge on any atom is 0.304 e. The molecule has 17 nitrogen and oxygen atoms in total. The van der Waals surface area contributed by atoms with Gasteiger partial charge in [-0.25, -0.2) is 13.1 Å². The maximum atomic E-state index is 13.9. The van der Waals surface area contributed by atoms with Gasteiger partial charge in [0.15, 0.2) is 0 Å². The van der Waals surface area contributed by atoms with Crippen LogP contribution in [0.4, 0.5) is 5.69 Å². The monoisotopic (exact) mass is 835 g/mol. The molecule has 18 heteroatoms. The van der Waals surface area contributed by atoms with Crippen LogP contribution >= 0.6 is 0 Å². The number of aryl methyl sites for hydroxylation is 2. The minimum atomic E-state index is -3.93. The predicted molar refractivity (Wildman–Crippen MR) is 215 cm³/mol. The topological polar surface area (TPSA) is 219 Å². The summed E-state index contributed by atoms with van der Waals surface area (Å²) in [6.45, 7) is 4.06. The van der Waals surface area contributed by atoms with Crippen molar-refractivity contribution in [2.24, 2.45) is 7.05 Å². The van der Waals surface area contributed by atoms with Gasteiger partial charge in [0.2, 0.25) is 21.8 Å². The number of hydrogen-bond donors (Lipinski definition) is 3. The van der Waals surface area contributed by atoms with Crippen molar-refractivity contribution in [3.63, 3.8) is 0 Å². The molecule has 0 spiro atoms. The van der Waals surface area contributed by atoms with Crippen molar-refractivity contribution in [1.82, 2.24) is 29.5 Å². The van der Waals surface area contributed by atoms with Crippen LogP contribution < -0.4 is 20.1 Å². The van der Waals surface area contributed by atoms with E-state index in [-0.39, 0.29) is 61.5 Å². The number of carbonyl (C=O) groups is 5. The molecule has 1 saturated heterocycles. The Morgan fingerprint density at radius 1 is 1.03 bits per heavy atom. The second-order valence-corrected chi connectivity index (χ2v) is 17.0. The molecule has 3 atom stereocenters. The van der Waals surface area contributed by atoms with Gasteiger partial charge in [-0.1, -0.05) is 41.6 Å². The van der Waals surface area contributed by atoms with E-state index < -0.39 is 57.7 Å². The molecule has 310 valence electrons. The minimum absolute atomic E-state index is 0.00654. The first-order chi connectivity index (χ1) is 28.7. The molecule has 1 fully saturated rings. The zero-order chi connectivity index (χ0) is 42.5. The summed E-state index contributed by atoms with van der Waals surface area (Å²) < 4.78 is 42.9. The summed E-state index contributed by atoms with van der Waals surface area (Å²) in [5.74, 6) is -3.50. The Labute approximate surface area is 344 Å². The zero-order valence-corrected chi connectivity index (χ0v) is 33.7. The summed E-state index contributed by atoms with van der Waals surface area (Å²) in [6, 6.07) is 19.3. The number of ether oxygens (including phenoxy) is 2. The highest BCUT2D eigenvalue weighted by Gasteiger charge is 2.45. The number of anilines is 1. The van der Waals surface area contributed by atoms with Crippen LogP contribution in [0.15, 0.2) is 77.7 Å². The Kier molecular flexibility index (Phi) is 10.6. The van der Waals surface area contributed by atoms with Crippen LogP contribution in [-0.4, -0.2) is 99.2 Å². The van der Waals surface area contributed by atoms with Crippen molar-refractivity contribution in [3.05, 3.63) is 106 Å². The fraction of sp³-hybridized carbons (Fsp3) is 0.310. The first-order valence-electron chi connectivity index (χ1n) is 19.3. The smallest absolute Gasteiger partial charge is 0.304 e. The van der Waals surface area contributed by atoms with E-state index in [1.165, 1.54) is 16.4 Å². The molecule has 0 bridgehead atoms. The summed E-state index contributed by atoms with van der Waals surface area (Å²) in [5.41, 5.74) is 4.39. The van der Waals surface area contributed by atoms with Crippen molar-refractivity contribution >= 4 is 56.3 Å². The number of amides is 4. The van der Waals surface area contributed by atoms with E-state index in [9.17, 15) is 37.5 Å². The largest absolute Gasteiger partial charge is 0.489 e. The SMILES string of the molecule is Cc1ccc(C(CC(=O)O)c2cc(OCCNc3cccc4c3C(=O)N(C3CCC(=O)NC3=O)C4=O)c3c(c2)nnn3C)cc1CN1CC(C)Oc2ccccc2S1(=O)=O. The average molecular weight is 836 g/mol.